The number of sulfonamides is 1. The van der Waals surface area contributed by atoms with Gasteiger partial charge >= 0.3 is 6.03 Å². The van der Waals surface area contributed by atoms with Crippen molar-refractivity contribution in [2.45, 2.75) is 62.3 Å². The van der Waals surface area contributed by atoms with Gasteiger partial charge in [-0.3, -0.25) is 9.52 Å². The Morgan fingerprint density at radius 1 is 0.744 bits per heavy atom. The lowest BCUT2D eigenvalue weighted by atomic mass is 9.96. The van der Waals surface area contributed by atoms with Crippen LogP contribution in [-0.4, -0.2) is 75.5 Å². The summed E-state index contributed by atoms with van der Waals surface area (Å²) in [5.41, 5.74) is 1.62. The number of carbonyl (C=O) groups is 2. The monoisotopic (exact) mass is 553 g/mol. The minimum atomic E-state index is -3.79. The van der Waals surface area contributed by atoms with Gasteiger partial charge in [-0.2, -0.15) is 0 Å². The number of urea groups is 1. The highest BCUT2D eigenvalue weighted by atomic mass is 32.2. The number of amides is 3. The van der Waals surface area contributed by atoms with E-state index in [4.69, 9.17) is 0 Å². The summed E-state index contributed by atoms with van der Waals surface area (Å²) in [5.74, 6) is -0.0806. The lowest BCUT2D eigenvalue weighted by molar-refractivity contribution is 0.0724. The molecule has 5 rings (SSSR count). The van der Waals surface area contributed by atoms with Gasteiger partial charge in [0.25, 0.3) is 15.9 Å². The third kappa shape index (κ3) is 6.66. The predicted octanol–water partition coefficient (Wildman–Crippen LogP) is 4.28. The second-order valence-electron chi connectivity index (χ2n) is 10.8. The average Bonchev–Trinajstić information content (AvgIpc) is 2.98. The van der Waals surface area contributed by atoms with Gasteiger partial charge in [0, 0.05) is 56.7 Å². The molecule has 0 spiro atoms. The fourth-order valence-corrected chi connectivity index (χ4v) is 6.86. The molecular formula is C29H39N5O4S. The molecule has 0 radical (unpaired) electrons. The van der Waals surface area contributed by atoms with Crippen LogP contribution in [0.4, 0.5) is 16.2 Å². The number of rotatable bonds is 6. The van der Waals surface area contributed by atoms with E-state index in [2.05, 4.69) is 14.9 Å². The van der Waals surface area contributed by atoms with E-state index in [9.17, 15) is 18.0 Å². The first-order valence-electron chi connectivity index (χ1n) is 14.2. The van der Waals surface area contributed by atoms with E-state index in [1.165, 1.54) is 19.3 Å². The number of carbonyl (C=O) groups excluding carboxylic acids is 2. The Bertz CT molecular complexity index is 1250. The second kappa shape index (κ2) is 12.3. The number of benzene rings is 2. The van der Waals surface area contributed by atoms with Crippen LogP contribution in [0.2, 0.25) is 0 Å². The zero-order valence-electron chi connectivity index (χ0n) is 22.5. The van der Waals surface area contributed by atoms with Crippen LogP contribution in [0.5, 0.6) is 0 Å². The summed E-state index contributed by atoms with van der Waals surface area (Å²) in [6.45, 7) is 3.75. The Balaban J connectivity index is 1.33. The summed E-state index contributed by atoms with van der Waals surface area (Å²) in [4.78, 5) is 32.6. The van der Waals surface area contributed by atoms with Gasteiger partial charge in [0.05, 0.1) is 10.5 Å². The molecule has 3 amide bonds. The largest absolute Gasteiger partial charge is 0.367 e. The quantitative estimate of drug-likeness (QED) is 0.556. The van der Waals surface area contributed by atoms with Crippen LogP contribution < -0.4 is 14.9 Å². The molecule has 10 heteroatoms. The molecule has 0 bridgehead atoms. The summed E-state index contributed by atoms with van der Waals surface area (Å²) in [6.07, 6.45) is 8.73. The molecule has 2 aromatic rings. The van der Waals surface area contributed by atoms with E-state index >= 15 is 0 Å². The minimum Gasteiger partial charge on any atom is -0.367 e. The van der Waals surface area contributed by atoms with E-state index in [0.29, 0.717) is 50.5 Å². The summed E-state index contributed by atoms with van der Waals surface area (Å²) >= 11 is 0. The number of nitrogens with one attached hydrogen (secondary N) is 2. The van der Waals surface area contributed by atoms with Crippen LogP contribution in [0, 0.1) is 0 Å². The molecule has 2 N–H and O–H groups in total. The number of nitrogens with zero attached hydrogens (tertiary/aromatic N) is 3. The molecule has 1 aliphatic carbocycles. The fraction of sp³-hybridized carbons (Fsp3) is 0.517. The maximum absolute atomic E-state index is 13.7. The Kier molecular flexibility index (Phi) is 8.60. The molecule has 39 heavy (non-hydrogen) atoms. The van der Waals surface area contributed by atoms with Crippen LogP contribution in [0.15, 0.2) is 53.4 Å². The van der Waals surface area contributed by atoms with E-state index in [1.807, 2.05) is 15.9 Å². The highest BCUT2D eigenvalue weighted by molar-refractivity contribution is 7.92. The highest BCUT2D eigenvalue weighted by Gasteiger charge is 2.28. The van der Waals surface area contributed by atoms with Gasteiger partial charge in [-0.15, -0.1) is 0 Å². The van der Waals surface area contributed by atoms with E-state index in [1.54, 1.807) is 42.5 Å². The van der Waals surface area contributed by atoms with E-state index in [0.717, 1.165) is 37.8 Å². The summed E-state index contributed by atoms with van der Waals surface area (Å²) in [7, 11) is -3.79. The van der Waals surface area contributed by atoms with Crippen molar-refractivity contribution in [3.05, 3.63) is 54.1 Å². The first-order valence-corrected chi connectivity index (χ1v) is 15.7. The van der Waals surface area contributed by atoms with Crippen molar-refractivity contribution in [2.24, 2.45) is 0 Å². The van der Waals surface area contributed by atoms with Crippen LogP contribution in [0.3, 0.4) is 0 Å². The predicted molar refractivity (Wildman–Crippen MR) is 153 cm³/mol. The minimum absolute atomic E-state index is 0.00293. The third-order valence-electron chi connectivity index (χ3n) is 8.02. The molecule has 1 saturated carbocycles. The average molecular weight is 554 g/mol. The van der Waals surface area contributed by atoms with Gasteiger partial charge in [-0.05, 0) is 62.4 Å². The van der Waals surface area contributed by atoms with Gasteiger partial charge in [-0.1, -0.05) is 37.5 Å². The van der Waals surface area contributed by atoms with Crippen molar-refractivity contribution in [1.29, 1.82) is 0 Å². The molecular weight excluding hydrogens is 514 g/mol. The lowest BCUT2D eigenvalue weighted by Gasteiger charge is -2.38. The summed E-state index contributed by atoms with van der Waals surface area (Å²) in [5, 5.41) is 3.20. The third-order valence-corrected chi connectivity index (χ3v) is 9.41. The molecule has 3 fully saturated rings. The second-order valence-corrected chi connectivity index (χ2v) is 12.4. The van der Waals surface area contributed by atoms with Crippen LogP contribution in [0.1, 0.15) is 61.7 Å². The smallest absolute Gasteiger partial charge is 0.317 e. The molecule has 2 aliphatic heterocycles. The van der Waals surface area contributed by atoms with Gasteiger partial charge in [0.15, 0.2) is 0 Å². The van der Waals surface area contributed by atoms with Gasteiger partial charge in [0.1, 0.15) is 0 Å². The zero-order chi connectivity index (χ0) is 27.2. The van der Waals surface area contributed by atoms with Crippen molar-refractivity contribution < 1.29 is 18.0 Å². The van der Waals surface area contributed by atoms with Crippen LogP contribution >= 0.6 is 0 Å². The maximum atomic E-state index is 13.7. The Labute approximate surface area is 231 Å². The van der Waals surface area contributed by atoms with Crippen molar-refractivity contribution in [1.82, 2.24) is 15.1 Å². The summed E-state index contributed by atoms with van der Waals surface area (Å²) < 4.78 is 28.6. The van der Waals surface area contributed by atoms with Gasteiger partial charge < -0.3 is 20.0 Å². The first kappa shape index (κ1) is 27.3. The Hall–Kier alpha value is -3.27. The molecule has 2 heterocycles. The molecule has 2 aromatic carbocycles. The van der Waals surface area contributed by atoms with E-state index < -0.39 is 10.0 Å². The lowest BCUT2D eigenvalue weighted by Crippen LogP contribution is -2.54. The topological polar surface area (TPSA) is 102 Å². The SMILES string of the molecule is O=C(NC1CCCCC1)N1CCN(c2ccc(NS(=O)(=O)c3ccccc3)cc2C(=O)N2CCCCC2)CC1. The van der Waals surface area contributed by atoms with Gasteiger partial charge in [0.2, 0.25) is 0 Å². The van der Waals surface area contributed by atoms with Crippen molar-refractivity contribution >= 4 is 33.3 Å². The van der Waals surface area contributed by atoms with Crippen molar-refractivity contribution in [3.63, 3.8) is 0 Å². The molecule has 210 valence electrons. The molecule has 2 saturated heterocycles. The zero-order valence-corrected chi connectivity index (χ0v) is 23.3. The van der Waals surface area contributed by atoms with Gasteiger partial charge in [-0.25, -0.2) is 13.2 Å². The van der Waals surface area contributed by atoms with E-state index in [-0.39, 0.29) is 22.9 Å². The fourth-order valence-electron chi connectivity index (χ4n) is 5.79. The maximum Gasteiger partial charge on any atom is 0.317 e. The van der Waals surface area contributed by atoms with Crippen molar-refractivity contribution in [3.8, 4) is 0 Å². The number of likely N-dealkylation sites (tertiary alicyclic amines) is 1. The van der Waals surface area contributed by atoms with Crippen LogP contribution in [-0.2, 0) is 10.0 Å². The summed E-state index contributed by atoms with van der Waals surface area (Å²) in [6, 6.07) is 13.7. The Morgan fingerprint density at radius 3 is 2.10 bits per heavy atom. The number of hydrogen-bond acceptors (Lipinski definition) is 5. The standard InChI is InChI=1S/C29H39N5O4S/c35-28(33-16-8-3-9-17-33)26-22-24(31-39(37,38)25-12-6-2-7-13-25)14-15-27(26)32-18-20-34(21-19-32)29(36)30-23-10-4-1-5-11-23/h2,6-7,12-15,22-23,31H,1,3-5,8-11,16-21H2,(H,30,36). The van der Waals surface area contributed by atoms with Crippen molar-refractivity contribution in [2.75, 3.05) is 48.9 Å². The number of piperazine rings is 1. The molecule has 3 aliphatic rings. The molecule has 0 atom stereocenters. The Morgan fingerprint density at radius 2 is 1.41 bits per heavy atom. The number of anilines is 2. The number of piperidine rings is 1. The molecule has 0 unspecified atom stereocenters. The molecule has 9 nitrogen and oxygen atoms in total. The van der Waals surface area contributed by atoms with Crippen LogP contribution in [0.25, 0.3) is 0 Å². The first-order chi connectivity index (χ1) is 18.9. The molecule has 0 aromatic heterocycles. The normalized spacial score (nSPS) is 19.0. The highest BCUT2D eigenvalue weighted by Crippen LogP contribution is 2.29. The number of hydrogen-bond donors (Lipinski definition) is 2.